The van der Waals surface area contributed by atoms with Crippen LogP contribution in [-0.2, 0) is 33.2 Å². The van der Waals surface area contributed by atoms with Crippen molar-refractivity contribution < 1.29 is 99.5 Å². The van der Waals surface area contributed by atoms with Crippen LogP contribution in [0.1, 0.15) is 0 Å². The fourth-order valence-corrected chi connectivity index (χ4v) is 5.23. The highest BCUT2D eigenvalue weighted by molar-refractivity contribution is 4.97. The Hall–Kier alpha value is -0.800. The van der Waals surface area contributed by atoms with Gasteiger partial charge in [-0.05, 0) is 0 Å². The molecule has 0 aromatic rings. The number of ether oxygens (including phenoxy) is 7. The Morgan fingerprint density at radius 1 is 0.442 bits per heavy atom. The predicted octanol–water partition coefficient (Wildman–Crippen LogP) is -9.11. The van der Waals surface area contributed by atoms with Crippen LogP contribution in [0.25, 0.3) is 0 Å². The van der Waals surface area contributed by atoms with Gasteiger partial charge in [0.05, 0.1) is 26.4 Å². The Kier molecular flexibility index (Phi) is 12.0. The molecule has 20 heteroatoms. The first-order valence-electron chi connectivity index (χ1n) is 13.5. The van der Waals surface area contributed by atoms with Gasteiger partial charge in [-0.2, -0.15) is 0 Å². The summed E-state index contributed by atoms with van der Waals surface area (Å²) in [5, 5.41) is 132. The molecular weight excluding hydrogens is 596 g/mol. The minimum Gasteiger partial charge on any atom is -0.394 e. The van der Waals surface area contributed by atoms with Gasteiger partial charge in [0.1, 0.15) is 91.6 Å². The van der Waals surface area contributed by atoms with Crippen molar-refractivity contribution in [2.24, 2.45) is 0 Å². The molecule has 0 amide bonds. The Bertz CT molecular complexity index is 867. The summed E-state index contributed by atoms with van der Waals surface area (Å²) in [7, 11) is 0. The van der Waals surface area contributed by atoms with Gasteiger partial charge in [-0.25, -0.2) is 0 Å². The molecule has 0 saturated carbocycles. The Morgan fingerprint density at radius 2 is 0.907 bits per heavy atom. The maximum atomic E-state index is 10.8. The van der Waals surface area contributed by atoms with E-state index in [9.17, 15) is 66.4 Å². The molecule has 20 nitrogen and oxygen atoms in total. The second-order valence-corrected chi connectivity index (χ2v) is 10.7. The molecule has 4 saturated heterocycles. The van der Waals surface area contributed by atoms with Crippen molar-refractivity contribution in [1.29, 1.82) is 0 Å². The SMILES string of the molecule is OC[C@H]1O[C@@H](O[C@@H]2[C@H](O[C@@H]3OC[C@@H](O)[C@H](O)[C@H]3O[C@@H]3O[C@H](CO)[C@@H](O)[C@H](O)[C@H]3O)[C@@H](O)[C@H](O)O[C@@H]2CO)[C@H](O)[C@@H](O)[C@@H]1O. The van der Waals surface area contributed by atoms with Crippen molar-refractivity contribution in [3.05, 3.63) is 0 Å². The summed E-state index contributed by atoms with van der Waals surface area (Å²) in [5.74, 6) is 0. The van der Waals surface area contributed by atoms with Gasteiger partial charge in [0, 0.05) is 0 Å². The summed E-state index contributed by atoms with van der Waals surface area (Å²) < 4.78 is 38.3. The smallest absolute Gasteiger partial charge is 0.187 e. The number of hydrogen-bond acceptors (Lipinski definition) is 20. The van der Waals surface area contributed by atoms with Crippen LogP contribution in [0.2, 0.25) is 0 Å². The van der Waals surface area contributed by atoms with Crippen molar-refractivity contribution >= 4 is 0 Å². The maximum absolute atomic E-state index is 10.8. The van der Waals surface area contributed by atoms with Crippen molar-refractivity contribution in [2.45, 2.75) is 117 Å². The van der Waals surface area contributed by atoms with Crippen LogP contribution in [0.15, 0.2) is 0 Å². The van der Waals surface area contributed by atoms with Crippen LogP contribution in [-0.4, -0.2) is 210 Å². The number of aliphatic hydroxyl groups excluding tert-OH is 13. The minimum atomic E-state index is -2.00. The summed E-state index contributed by atoms with van der Waals surface area (Å²) >= 11 is 0. The van der Waals surface area contributed by atoms with Gasteiger partial charge >= 0.3 is 0 Å². The van der Waals surface area contributed by atoms with Crippen molar-refractivity contribution in [3.8, 4) is 0 Å². The number of aliphatic hydroxyl groups is 13. The fraction of sp³-hybridized carbons (Fsp3) is 1.00. The lowest BCUT2D eigenvalue weighted by Crippen LogP contribution is -2.67. The van der Waals surface area contributed by atoms with Crippen LogP contribution in [0.4, 0.5) is 0 Å². The third kappa shape index (κ3) is 7.13. The molecule has 0 spiro atoms. The van der Waals surface area contributed by atoms with Gasteiger partial charge in [0.25, 0.3) is 0 Å². The zero-order valence-electron chi connectivity index (χ0n) is 22.5. The molecule has 252 valence electrons. The summed E-state index contributed by atoms with van der Waals surface area (Å²) in [5.41, 5.74) is 0. The highest BCUT2D eigenvalue weighted by atomic mass is 16.8. The average molecular weight is 637 g/mol. The first-order valence-corrected chi connectivity index (χ1v) is 13.5. The summed E-state index contributed by atoms with van der Waals surface area (Å²) in [6.45, 7) is -3.04. The molecular formula is C23H40O20. The molecule has 4 fully saturated rings. The molecule has 43 heavy (non-hydrogen) atoms. The molecule has 4 aliphatic rings. The molecule has 0 aromatic heterocycles. The van der Waals surface area contributed by atoms with Gasteiger partial charge in [-0.15, -0.1) is 0 Å². The zero-order valence-corrected chi connectivity index (χ0v) is 22.5. The number of hydrogen-bond donors (Lipinski definition) is 13. The van der Waals surface area contributed by atoms with Gasteiger partial charge in [-0.3, -0.25) is 0 Å². The average Bonchev–Trinajstić information content (AvgIpc) is 2.99. The molecule has 0 bridgehead atoms. The second kappa shape index (κ2) is 14.7. The van der Waals surface area contributed by atoms with E-state index in [-0.39, 0.29) is 0 Å². The summed E-state index contributed by atoms with van der Waals surface area (Å²) in [6, 6.07) is 0. The van der Waals surface area contributed by atoms with Crippen LogP contribution in [0, 0.1) is 0 Å². The first kappa shape index (κ1) is 35.1. The lowest BCUT2D eigenvalue weighted by atomic mass is 9.96. The third-order valence-electron chi connectivity index (χ3n) is 7.81. The van der Waals surface area contributed by atoms with E-state index in [2.05, 4.69) is 0 Å². The van der Waals surface area contributed by atoms with Gasteiger partial charge < -0.3 is 99.5 Å². The molecule has 4 aliphatic heterocycles. The van der Waals surface area contributed by atoms with E-state index in [4.69, 9.17) is 33.2 Å². The predicted molar refractivity (Wildman–Crippen MR) is 128 cm³/mol. The molecule has 0 aliphatic carbocycles. The maximum Gasteiger partial charge on any atom is 0.187 e. The highest BCUT2D eigenvalue weighted by Crippen LogP contribution is 2.34. The van der Waals surface area contributed by atoms with E-state index in [1.165, 1.54) is 0 Å². The molecule has 13 N–H and O–H groups in total. The van der Waals surface area contributed by atoms with Crippen LogP contribution >= 0.6 is 0 Å². The van der Waals surface area contributed by atoms with Crippen LogP contribution in [0.3, 0.4) is 0 Å². The third-order valence-corrected chi connectivity index (χ3v) is 7.81. The zero-order chi connectivity index (χ0) is 31.7. The number of rotatable bonds is 9. The second-order valence-electron chi connectivity index (χ2n) is 10.7. The van der Waals surface area contributed by atoms with Gasteiger partial charge in [-0.1, -0.05) is 0 Å². The molecule has 0 radical (unpaired) electrons. The summed E-state index contributed by atoms with van der Waals surface area (Å²) in [4.78, 5) is 0. The van der Waals surface area contributed by atoms with E-state index in [0.29, 0.717) is 0 Å². The van der Waals surface area contributed by atoms with E-state index in [1.54, 1.807) is 0 Å². The summed E-state index contributed by atoms with van der Waals surface area (Å²) in [6.07, 6.45) is -33.4. The Labute approximate surface area is 243 Å². The fourth-order valence-electron chi connectivity index (χ4n) is 5.23. The molecule has 0 unspecified atom stereocenters. The van der Waals surface area contributed by atoms with Gasteiger partial charge in [0.2, 0.25) is 0 Å². The molecule has 4 rings (SSSR count). The molecule has 0 aromatic carbocycles. The first-order chi connectivity index (χ1) is 20.3. The normalized spacial score (nSPS) is 53.1. The van der Waals surface area contributed by atoms with Gasteiger partial charge in [0.15, 0.2) is 25.2 Å². The Morgan fingerprint density at radius 3 is 1.40 bits per heavy atom. The lowest BCUT2D eigenvalue weighted by molar-refractivity contribution is -0.392. The standard InChI is InChI=1S/C23H40O20/c24-1-6-10(29)12(31)14(33)21(39-6)41-17-8(3-26)38-20(36)16(35)18(17)42-23-19(9(28)5(27)4-37-23)43-22-15(34)13(32)11(30)7(2-25)40-22/h5-36H,1-4H2/t5-,6-,7-,8-,9+,10-,11-,12+,13+,14-,15-,16-,17+,18-,19-,20-,21+,22+,23+/m1/s1. The minimum absolute atomic E-state index is 0.566. The van der Waals surface area contributed by atoms with E-state index in [1.807, 2.05) is 0 Å². The molecule has 19 atom stereocenters. The van der Waals surface area contributed by atoms with Crippen molar-refractivity contribution in [3.63, 3.8) is 0 Å². The van der Waals surface area contributed by atoms with Crippen LogP contribution < -0.4 is 0 Å². The molecule has 4 heterocycles. The van der Waals surface area contributed by atoms with Crippen LogP contribution in [0.5, 0.6) is 0 Å². The largest absolute Gasteiger partial charge is 0.394 e. The lowest BCUT2D eigenvalue weighted by Gasteiger charge is -2.48. The van der Waals surface area contributed by atoms with E-state index >= 15 is 0 Å². The topological polar surface area (TPSA) is 328 Å². The van der Waals surface area contributed by atoms with Crippen molar-refractivity contribution in [1.82, 2.24) is 0 Å². The highest BCUT2D eigenvalue weighted by Gasteiger charge is 2.54. The monoisotopic (exact) mass is 636 g/mol. The Balaban J connectivity index is 1.58. The van der Waals surface area contributed by atoms with E-state index in [0.717, 1.165) is 0 Å². The van der Waals surface area contributed by atoms with Crippen molar-refractivity contribution in [2.75, 3.05) is 26.4 Å². The quantitative estimate of drug-likeness (QED) is 0.112. The van der Waals surface area contributed by atoms with E-state index < -0.39 is 143 Å².